The van der Waals surface area contributed by atoms with Crippen molar-refractivity contribution in [2.45, 2.75) is 38.1 Å². The van der Waals surface area contributed by atoms with Gasteiger partial charge in [-0.2, -0.15) is 0 Å². The molecule has 0 bridgehead atoms. The molecule has 2 saturated heterocycles. The summed E-state index contributed by atoms with van der Waals surface area (Å²) in [6.07, 6.45) is 7.53. The molecule has 5 nitrogen and oxygen atoms in total. The summed E-state index contributed by atoms with van der Waals surface area (Å²) in [5.41, 5.74) is 0.265. The molecule has 1 aromatic heterocycles. The molecular formula is C18H26N2O3. The van der Waals surface area contributed by atoms with Crippen LogP contribution < -0.4 is 5.32 Å². The van der Waals surface area contributed by atoms with Gasteiger partial charge in [0.1, 0.15) is 0 Å². The Morgan fingerprint density at radius 1 is 1.35 bits per heavy atom. The van der Waals surface area contributed by atoms with Crippen LogP contribution in [-0.4, -0.2) is 49.7 Å². The number of nitrogens with one attached hydrogen (secondary N) is 1. The maximum absolute atomic E-state index is 12.8. The predicted molar refractivity (Wildman–Crippen MR) is 86.2 cm³/mol. The third-order valence-electron chi connectivity index (χ3n) is 5.63. The number of furan rings is 1. The Morgan fingerprint density at radius 3 is 2.87 bits per heavy atom. The molecule has 1 N–H and O–H groups in total. The Balaban J connectivity index is 1.46. The fourth-order valence-corrected chi connectivity index (χ4v) is 4.07. The van der Waals surface area contributed by atoms with E-state index in [2.05, 4.69) is 5.32 Å². The normalized spacial score (nSPS) is 26.8. The van der Waals surface area contributed by atoms with Crippen molar-refractivity contribution >= 4 is 5.91 Å². The van der Waals surface area contributed by atoms with E-state index in [9.17, 15) is 4.79 Å². The summed E-state index contributed by atoms with van der Waals surface area (Å²) in [4.78, 5) is 14.8. The molecule has 1 aromatic rings. The smallest absolute Gasteiger partial charge is 0.289 e. The van der Waals surface area contributed by atoms with Crippen LogP contribution in [0.4, 0.5) is 0 Å². The van der Waals surface area contributed by atoms with Gasteiger partial charge in [-0.05, 0) is 68.7 Å². The first-order valence-electron chi connectivity index (χ1n) is 8.89. The number of rotatable bonds is 5. The lowest BCUT2D eigenvalue weighted by molar-refractivity contribution is 0.0490. The summed E-state index contributed by atoms with van der Waals surface area (Å²) in [6, 6.07) is 3.73. The van der Waals surface area contributed by atoms with E-state index in [4.69, 9.17) is 9.15 Å². The fraction of sp³-hybridized carbons (Fsp3) is 0.722. The fourth-order valence-electron chi connectivity index (χ4n) is 4.07. The second-order valence-corrected chi connectivity index (χ2v) is 7.50. The van der Waals surface area contributed by atoms with Crippen molar-refractivity contribution in [2.75, 3.05) is 32.8 Å². The highest BCUT2D eigenvalue weighted by atomic mass is 16.5. The van der Waals surface area contributed by atoms with Gasteiger partial charge in [-0.3, -0.25) is 4.79 Å². The van der Waals surface area contributed by atoms with Gasteiger partial charge < -0.3 is 19.4 Å². The largest absolute Gasteiger partial charge is 0.459 e. The molecule has 23 heavy (non-hydrogen) atoms. The molecule has 5 heteroatoms. The Morgan fingerprint density at radius 2 is 2.17 bits per heavy atom. The Kier molecular flexibility index (Phi) is 4.16. The zero-order valence-electron chi connectivity index (χ0n) is 13.6. The Bertz CT molecular complexity index is 532. The summed E-state index contributed by atoms with van der Waals surface area (Å²) in [6.45, 7) is 4.47. The van der Waals surface area contributed by atoms with Gasteiger partial charge in [0.2, 0.25) is 0 Å². The van der Waals surface area contributed by atoms with Crippen LogP contribution in [0.15, 0.2) is 22.8 Å². The number of hydrogen-bond acceptors (Lipinski definition) is 4. The molecule has 3 fully saturated rings. The average Bonchev–Trinajstić information content (AvgIpc) is 3.10. The Labute approximate surface area is 137 Å². The quantitative estimate of drug-likeness (QED) is 0.905. The zero-order chi connectivity index (χ0) is 15.7. The molecule has 1 saturated carbocycles. The van der Waals surface area contributed by atoms with E-state index >= 15 is 0 Å². The number of likely N-dealkylation sites (tertiary alicyclic amines) is 1. The minimum absolute atomic E-state index is 0.0189. The maximum Gasteiger partial charge on any atom is 0.289 e. The predicted octanol–water partition coefficient (Wildman–Crippen LogP) is 2.29. The minimum atomic E-state index is 0.0189. The van der Waals surface area contributed by atoms with Crippen LogP contribution in [0.1, 0.15) is 42.7 Å². The van der Waals surface area contributed by atoms with Crippen molar-refractivity contribution in [3.63, 3.8) is 0 Å². The van der Waals surface area contributed by atoms with Crippen LogP contribution in [0.25, 0.3) is 0 Å². The first kappa shape index (κ1) is 15.2. The van der Waals surface area contributed by atoms with E-state index in [1.807, 2.05) is 4.90 Å². The van der Waals surface area contributed by atoms with Crippen LogP contribution in [0.3, 0.4) is 0 Å². The van der Waals surface area contributed by atoms with Crippen molar-refractivity contribution in [2.24, 2.45) is 11.3 Å². The molecule has 3 heterocycles. The van der Waals surface area contributed by atoms with Crippen molar-refractivity contribution in [3.8, 4) is 0 Å². The molecule has 1 amide bonds. The van der Waals surface area contributed by atoms with E-state index in [1.165, 1.54) is 12.8 Å². The van der Waals surface area contributed by atoms with Gasteiger partial charge in [-0.25, -0.2) is 0 Å². The van der Waals surface area contributed by atoms with Gasteiger partial charge >= 0.3 is 0 Å². The first-order chi connectivity index (χ1) is 11.3. The second-order valence-electron chi connectivity index (χ2n) is 7.50. The van der Waals surface area contributed by atoms with Crippen molar-refractivity contribution in [1.29, 1.82) is 0 Å². The molecule has 126 valence electrons. The summed E-state index contributed by atoms with van der Waals surface area (Å²) in [7, 11) is 0. The van der Waals surface area contributed by atoms with E-state index in [1.54, 1.807) is 18.4 Å². The van der Waals surface area contributed by atoms with Gasteiger partial charge in [0.15, 0.2) is 5.76 Å². The number of hydrogen-bond donors (Lipinski definition) is 1. The third kappa shape index (κ3) is 3.31. The molecule has 2 aliphatic heterocycles. The summed E-state index contributed by atoms with van der Waals surface area (Å²) >= 11 is 0. The molecule has 4 rings (SSSR count). The lowest BCUT2D eigenvalue weighted by Crippen LogP contribution is -2.41. The zero-order valence-corrected chi connectivity index (χ0v) is 13.6. The standard InChI is InChI=1S/C18H26N2O3/c21-17(16-2-1-9-23-16)20-13-18(5-7-19-8-6-18)10-15(20)12-22-11-14-3-4-14/h1-2,9,14-15,19H,3-8,10-13H2/t15-/m1/s1. The topological polar surface area (TPSA) is 54.7 Å². The van der Waals surface area contributed by atoms with Gasteiger partial charge in [0.05, 0.1) is 18.9 Å². The maximum atomic E-state index is 12.8. The number of ether oxygens (including phenoxy) is 1. The third-order valence-corrected chi connectivity index (χ3v) is 5.63. The summed E-state index contributed by atoms with van der Waals surface area (Å²) < 4.78 is 11.3. The molecule has 1 atom stereocenters. The van der Waals surface area contributed by atoms with Crippen LogP contribution in [-0.2, 0) is 4.74 Å². The minimum Gasteiger partial charge on any atom is -0.459 e. The van der Waals surface area contributed by atoms with Crippen LogP contribution >= 0.6 is 0 Å². The van der Waals surface area contributed by atoms with E-state index in [-0.39, 0.29) is 17.4 Å². The molecule has 3 aliphatic rings. The summed E-state index contributed by atoms with van der Waals surface area (Å²) in [5, 5.41) is 3.44. The second kappa shape index (κ2) is 6.29. The lowest BCUT2D eigenvalue weighted by Gasteiger charge is -2.33. The Hall–Kier alpha value is -1.33. The number of nitrogens with zero attached hydrogens (tertiary/aromatic N) is 1. The number of amides is 1. The van der Waals surface area contributed by atoms with E-state index in [0.29, 0.717) is 12.4 Å². The summed E-state index contributed by atoms with van der Waals surface area (Å²) in [5.74, 6) is 1.23. The number of piperidine rings is 1. The van der Waals surface area contributed by atoms with Crippen molar-refractivity contribution in [3.05, 3.63) is 24.2 Å². The monoisotopic (exact) mass is 318 g/mol. The van der Waals surface area contributed by atoms with Gasteiger partial charge in [-0.15, -0.1) is 0 Å². The highest BCUT2D eigenvalue weighted by molar-refractivity contribution is 5.92. The highest BCUT2D eigenvalue weighted by Gasteiger charge is 2.46. The number of carbonyl (C=O) groups excluding carboxylic acids is 1. The van der Waals surface area contributed by atoms with Crippen LogP contribution in [0, 0.1) is 11.3 Å². The number of carbonyl (C=O) groups is 1. The van der Waals surface area contributed by atoms with Gasteiger partial charge in [0.25, 0.3) is 5.91 Å². The molecule has 1 spiro atoms. The highest BCUT2D eigenvalue weighted by Crippen LogP contribution is 2.42. The molecule has 1 aliphatic carbocycles. The van der Waals surface area contributed by atoms with E-state index in [0.717, 1.165) is 51.4 Å². The van der Waals surface area contributed by atoms with E-state index < -0.39 is 0 Å². The first-order valence-corrected chi connectivity index (χ1v) is 8.89. The molecule has 0 unspecified atom stereocenters. The van der Waals surface area contributed by atoms with Crippen molar-refractivity contribution in [1.82, 2.24) is 10.2 Å². The molecule has 0 aromatic carbocycles. The molecular weight excluding hydrogens is 292 g/mol. The van der Waals surface area contributed by atoms with Crippen LogP contribution in [0.5, 0.6) is 0 Å². The van der Waals surface area contributed by atoms with Gasteiger partial charge in [0, 0.05) is 13.2 Å². The average molecular weight is 318 g/mol. The van der Waals surface area contributed by atoms with Gasteiger partial charge in [-0.1, -0.05) is 0 Å². The lowest BCUT2D eigenvalue weighted by atomic mass is 9.77. The van der Waals surface area contributed by atoms with Crippen molar-refractivity contribution < 1.29 is 13.9 Å². The SMILES string of the molecule is O=C(c1ccco1)N1CC2(CCNCC2)C[C@@H]1COCC1CC1. The molecule has 0 radical (unpaired) electrons. The van der Waals surface area contributed by atoms with Crippen LogP contribution in [0.2, 0.25) is 0 Å².